The highest BCUT2D eigenvalue weighted by Gasteiger charge is 2.21. The zero-order chi connectivity index (χ0) is 15.6. The predicted molar refractivity (Wildman–Crippen MR) is 74.9 cm³/mol. The number of rotatable bonds is 5. The van der Waals surface area contributed by atoms with Gasteiger partial charge in [-0.25, -0.2) is 9.97 Å². The van der Waals surface area contributed by atoms with Crippen molar-refractivity contribution in [2.75, 3.05) is 11.8 Å². The molecule has 2 rings (SSSR count). The highest BCUT2D eigenvalue weighted by molar-refractivity contribution is 7.92. The molecule has 21 heavy (non-hydrogen) atoms. The van der Waals surface area contributed by atoms with E-state index in [0.29, 0.717) is 12.1 Å². The Morgan fingerprint density at radius 2 is 2.05 bits per heavy atom. The highest BCUT2D eigenvalue weighted by Crippen LogP contribution is 2.25. The van der Waals surface area contributed by atoms with Gasteiger partial charge in [-0.1, -0.05) is 0 Å². The van der Waals surface area contributed by atoms with Crippen molar-refractivity contribution in [1.82, 2.24) is 14.5 Å². The van der Waals surface area contributed by atoms with E-state index in [4.69, 9.17) is 4.74 Å². The third-order valence-corrected chi connectivity index (χ3v) is 4.32. The maximum atomic E-state index is 12.4. The predicted octanol–water partition coefficient (Wildman–Crippen LogP) is 0.745. The number of pyridine rings is 1. The molecule has 0 saturated carbocycles. The van der Waals surface area contributed by atoms with Gasteiger partial charge in [-0.2, -0.15) is 8.42 Å². The van der Waals surface area contributed by atoms with E-state index < -0.39 is 10.0 Å². The quantitative estimate of drug-likeness (QED) is 0.817. The fourth-order valence-corrected chi connectivity index (χ4v) is 2.92. The molecule has 0 saturated heterocycles. The molecular formula is C12H14N4O4S. The number of nitrogens with zero attached hydrogens (tertiary/aromatic N) is 3. The van der Waals surface area contributed by atoms with Gasteiger partial charge in [-0.15, -0.1) is 0 Å². The normalized spacial score (nSPS) is 11.2. The number of aryl methyl sites for hydroxylation is 1. The van der Waals surface area contributed by atoms with Crippen LogP contribution in [0.4, 0.5) is 5.69 Å². The zero-order valence-corrected chi connectivity index (χ0v) is 12.5. The van der Waals surface area contributed by atoms with Crippen LogP contribution in [0.2, 0.25) is 0 Å². The Balaban J connectivity index is 2.45. The number of aldehydes is 1. The number of hydrogen-bond donors (Lipinski definition) is 1. The molecule has 8 nitrogen and oxygen atoms in total. The smallest absolute Gasteiger partial charge is 0.279 e. The van der Waals surface area contributed by atoms with Gasteiger partial charge in [0.25, 0.3) is 10.0 Å². The van der Waals surface area contributed by atoms with E-state index in [1.54, 1.807) is 14.0 Å². The topological polar surface area (TPSA) is 103 Å². The van der Waals surface area contributed by atoms with Crippen molar-refractivity contribution in [3.8, 4) is 5.88 Å². The molecule has 2 aromatic rings. The largest absolute Gasteiger partial charge is 0.480 e. The number of carbonyl (C=O) groups is 1. The number of sulfonamides is 1. The molecule has 9 heteroatoms. The van der Waals surface area contributed by atoms with Gasteiger partial charge >= 0.3 is 0 Å². The van der Waals surface area contributed by atoms with Crippen molar-refractivity contribution in [2.24, 2.45) is 7.05 Å². The molecule has 0 bridgehead atoms. The van der Waals surface area contributed by atoms with Crippen molar-refractivity contribution in [3.05, 3.63) is 29.8 Å². The van der Waals surface area contributed by atoms with Gasteiger partial charge in [0, 0.05) is 18.8 Å². The van der Waals surface area contributed by atoms with Gasteiger partial charge in [0.15, 0.2) is 11.3 Å². The zero-order valence-electron chi connectivity index (χ0n) is 11.7. The first kappa shape index (κ1) is 15.0. The summed E-state index contributed by atoms with van der Waals surface area (Å²) in [5.74, 6) is 0.630. The lowest BCUT2D eigenvalue weighted by molar-refractivity contribution is 0.112. The number of carbonyl (C=O) groups excluding carboxylic acids is 1. The van der Waals surface area contributed by atoms with Crippen LogP contribution in [0.15, 0.2) is 23.5 Å². The van der Waals surface area contributed by atoms with Crippen LogP contribution in [0.1, 0.15) is 16.2 Å². The van der Waals surface area contributed by atoms with E-state index in [-0.39, 0.29) is 22.2 Å². The summed E-state index contributed by atoms with van der Waals surface area (Å²) in [5.41, 5.74) is 0.315. The van der Waals surface area contributed by atoms with Crippen molar-refractivity contribution < 1.29 is 17.9 Å². The summed E-state index contributed by atoms with van der Waals surface area (Å²) >= 11 is 0. The number of methoxy groups -OCH3 is 1. The minimum Gasteiger partial charge on any atom is -0.480 e. The Labute approximate surface area is 121 Å². The highest BCUT2D eigenvalue weighted by atomic mass is 32.2. The molecule has 2 aromatic heterocycles. The Morgan fingerprint density at radius 3 is 2.57 bits per heavy atom. The van der Waals surface area contributed by atoms with Gasteiger partial charge in [-0.3, -0.25) is 9.52 Å². The fraction of sp³-hybridized carbons (Fsp3) is 0.250. The summed E-state index contributed by atoms with van der Waals surface area (Å²) in [7, 11) is -0.919. The number of anilines is 1. The third kappa shape index (κ3) is 2.87. The summed E-state index contributed by atoms with van der Waals surface area (Å²) < 4.78 is 33.5. The van der Waals surface area contributed by atoms with Crippen LogP contribution in [0.25, 0.3) is 0 Å². The van der Waals surface area contributed by atoms with Crippen LogP contribution in [0, 0.1) is 6.92 Å². The molecule has 0 fully saturated rings. The van der Waals surface area contributed by atoms with Gasteiger partial charge in [0.1, 0.15) is 11.5 Å². The standard InChI is InChI=1S/C12H14N4O4S/c1-8-13-6-11(16(8)2)21(18,19)15-10-4-9(7-17)5-14-12(10)20-3/h4-7,15H,1-3H3. The summed E-state index contributed by atoms with van der Waals surface area (Å²) in [6.45, 7) is 1.69. The van der Waals surface area contributed by atoms with Crippen LogP contribution in [-0.4, -0.2) is 36.3 Å². The third-order valence-electron chi connectivity index (χ3n) is 2.90. The van der Waals surface area contributed by atoms with E-state index in [9.17, 15) is 13.2 Å². The molecule has 0 radical (unpaired) electrons. The Hall–Kier alpha value is -2.42. The first-order valence-electron chi connectivity index (χ1n) is 5.89. The summed E-state index contributed by atoms with van der Waals surface area (Å²) in [4.78, 5) is 18.6. The number of aromatic nitrogens is 3. The van der Waals surface area contributed by atoms with Crippen molar-refractivity contribution in [2.45, 2.75) is 11.9 Å². The molecule has 0 amide bonds. The lowest BCUT2D eigenvalue weighted by Gasteiger charge is -2.11. The van der Waals surface area contributed by atoms with Crippen LogP contribution in [0.5, 0.6) is 5.88 Å². The van der Waals surface area contributed by atoms with Crippen molar-refractivity contribution in [1.29, 1.82) is 0 Å². The molecule has 0 aliphatic rings. The maximum absolute atomic E-state index is 12.4. The molecule has 0 unspecified atom stereocenters. The SMILES string of the molecule is COc1ncc(C=O)cc1NS(=O)(=O)c1cnc(C)n1C. The lowest BCUT2D eigenvalue weighted by atomic mass is 10.3. The second kappa shape index (κ2) is 5.52. The van der Waals surface area contributed by atoms with Gasteiger partial charge < -0.3 is 9.30 Å². The van der Waals surface area contributed by atoms with E-state index in [1.807, 2.05) is 0 Å². The molecular weight excluding hydrogens is 296 g/mol. The minimum atomic E-state index is -3.87. The van der Waals surface area contributed by atoms with Gasteiger partial charge in [0.2, 0.25) is 5.88 Å². The maximum Gasteiger partial charge on any atom is 0.279 e. The number of imidazole rings is 1. The van der Waals surface area contributed by atoms with Crippen LogP contribution < -0.4 is 9.46 Å². The Bertz CT molecular complexity index is 783. The molecule has 0 aliphatic heterocycles. The van der Waals surface area contributed by atoms with Crippen LogP contribution in [-0.2, 0) is 17.1 Å². The Morgan fingerprint density at radius 1 is 1.33 bits per heavy atom. The van der Waals surface area contributed by atoms with Gasteiger partial charge in [0.05, 0.1) is 13.3 Å². The first-order valence-corrected chi connectivity index (χ1v) is 7.37. The van der Waals surface area contributed by atoms with E-state index in [2.05, 4.69) is 14.7 Å². The molecule has 2 heterocycles. The Kier molecular flexibility index (Phi) is 3.94. The first-order chi connectivity index (χ1) is 9.89. The summed E-state index contributed by atoms with van der Waals surface area (Å²) in [5, 5.41) is -0.00133. The second-order valence-electron chi connectivity index (χ2n) is 4.25. The molecule has 0 aliphatic carbocycles. The molecule has 1 N–H and O–H groups in total. The number of nitrogens with one attached hydrogen (secondary N) is 1. The van der Waals surface area contributed by atoms with E-state index in [0.717, 1.165) is 0 Å². The number of ether oxygens (including phenoxy) is 1. The second-order valence-corrected chi connectivity index (χ2v) is 5.88. The van der Waals surface area contributed by atoms with Crippen LogP contribution >= 0.6 is 0 Å². The molecule has 0 aromatic carbocycles. The van der Waals surface area contributed by atoms with Crippen molar-refractivity contribution >= 4 is 22.0 Å². The summed E-state index contributed by atoms with van der Waals surface area (Å²) in [6, 6.07) is 1.35. The average Bonchev–Trinajstić information content (AvgIpc) is 2.79. The van der Waals surface area contributed by atoms with E-state index in [1.165, 1.54) is 30.1 Å². The molecule has 0 atom stereocenters. The summed E-state index contributed by atoms with van der Waals surface area (Å²) in [6.07, 6.45) is 3.11. The van der Waals surface area contributed by atoms with Crippen LogP contribution in [0.3, 0.4) is 0 Å². The molecule has 0 spiro atoms. The average molecular weight is 310 g/mol. The van der Waals surface area contributed by atoms with Crippen molar-refractivity contribution in [3.63, 3.8) is 0 Å². The fourth-order valence-electron chi connectivity index (χ4n) is 1.70. The van der Waals surface area contributed by atoms with Gasteiger partial charge in [-0.05, 0) is 13.0 Å². The lowest BCUT2D eigenvalue weighted by Crippen LogP contribution is -2.17. The van der Waals surface area contributed by atoms with E-state index >= 15 is 0 Å². The monoisotopic (exact) mass is 310 g/mol. The number of hydrogen-bond acceptors (Lipinski definition) is 6. The molecule has 112 valence electrons. The minimum absolute atomic E-state index is 0.00133.